The zero-order valence-corrected chi connectivity index (χ0v) is 10.5. The van der Waals surface area contributed by atoms with Crippen molar-refractivity contribution >= 4 is 5.97 Å². The van der Waals surface area contributed by atoms with Crippen molar-refractivity contribution in [1.82, 2.24) is 0 Å². The minimum absolute atomic E-state index is 0. The predicted molar refractivity (Wildman–Crippen MR) is 40.2 cm³/mol. The maximum absolute atomic E-state index is 10.5. The van der Waals surface area contributed by atoms with E-state index in [1.807, 2.05) is 13.0 Å². The van der Waals surface area contributed by atoms with Crippen molar-refractivity contribution in [2.45, 2.75) is 13.3 Å². The molecule has 1 aromatic carbocycles. The van der Waals surface area contributed by atoms with Gasteiger partial charge in [0, 0.05) is 5.56 Å². The second-order valence-corrected chi connectivity index (χ2v) is 2.30. The molecule has 0 aromatic heterocycles. The number of rotatable bonds is 2. The van der Waals surface area contributed by atoms with Gasteiger partial charge < -0.3 is 9.90 Å². The van der Waals surface area contributed by atoms with Crippen LogP contribution in [0.2, 0.25) is 0 Å². The number of aryl methyl sites for hydroxylation is 1. The van der Waals surface area contributed by atoms with E-state index in [0.717, 1.165) is 12.0 Å². The molecule has 0 atom stereocenters. The van der Waals surface area contributed by atoms with Crippen molar-refractivity contribution in [2.75, 3.05) is 0 Å². The SMILES string of the molecule is CCc1ccccc1C(=O)[O-].[K+]. The molecular formula is C9H9KO2. The molecule has 1 aromatic rings. The third-order valence-corrected chi connectivity index (χ3v) is 1.62. The Kier molecular flexibility index (Phi) is 6.04. The van der Waals surface area contributed by atoms with Crippen molar-refractivity contribution in [3.8, 4) is 0 Å². The molecule has 0 N–H and O–H groups in total. The smallest absolute Gasteiger partial charge is 0.545 e. The summed E-state index contributed by atoms with van der Waals surface area (Å²) in [6.07, 6.45) is 0.726. The summed E-state index contributed by atoms with van der Waals surface area (Å²) < 4.78 is 0. The van der Waals surface area contributed by atoms with Crippen LogP contribution in [0.3, 0.4) is 0 Å². The molecule has 0 bridgehead atoms. The minimum atomic E-state index is -1.09. The quantitative estimate of drug-likeness (QED) is 0.486. The molecule has 0 saturated heterocycles. The second kappa shape index (κ2) is 5.88. The number of carboxylic acid groups (broad SMARTS) is 1. The van der Waals surface area contributed by atoms with Gasteiger partial charge in [0.05, 0.1) is 5.97 Å². The van der Waals surface area contributed by atoms with Crippen LogP contribution in [0.5, 0.6) is 0 Å². The molecule has 58 valence electrons. The fraction of sp³-hybridized carbons (Fsp3) is 0.222. The number of hydrogen-bond acceptors (Lipinski definition) is 2. The molecular weight excluding hydrogens is 179 g/mol. The van der Waals surface area contributed by atoms with Gasteiger partial charge in [-0.25, -0.2) is 0 Å². The first-order chi connectivity index (χ1) is 5.25. The topological polar surface area (TPSA) is 40.1 Å². The van der Waals surface area contributed by atoms with Gasteiger partial charge in [-0.05, 0) is 12.0 Å². The molecule has 0 spiro atoms. The normalized spacial score (nSPS) is 8.75. The first kappa shape index (κ1) is 12.3. The summed E-state index contributed by atoms with van der Waals surface area (Å²) in [5.74, 6) is -1.09. The van der Waals surface area contributed by atoms with Gasteiger partial charge in [0.15, 0.2) is 0 Å². The fourth-order valence-corrected chi connectivity index (χ4v) is 1.03. The van der Waals surface area contributed by atoms with E-state index >= 15 is 0 Å². The summed E-state index contributed by atoms with van der Waals surface area (Å²) in [5.41, 5.74) is 1.13. The predicted octanol–water partition coefficient (Wildman–Crippen LogP) is -2.38. The van der Waals surface area contributed by atoms with Crippen molar-refractivity contribution in [3.05, 3.63) is 35.4 Å². The number of hydrogen-bond donors (Lipinski definition) is 0. The van der Waals surface area contributed by atoms with Gasteiger partial charge in [-0.3, -0.25) is 0 Å². The molecule has 0 heterocycles. The molecule has 0 aliphatic heterocycles. The average molecular weight is 188 g/mol. The van der Waals surface area contributed by atoms with Crippen molar-refractivity contribution in [1.29, 1.82) is 0 Å². The summed E-state index contributed by atoms with van der Waals surface area (Å²) in [6.45, 7) is 1.92. The third-order valence-electron chi connectivity index (χ3n) is 1.62. The first-order valence-corrected chi connectivity index (χ1v) is 3.55. The van der Waals surface area contributed by atoms with Gasteiger partial charge in [0.1, 0.15) is 0 Å². The van der Waals surface area contributed by atoms with Crippen molar-refractivity contribution in [2.24, 2.45) is 0 Å². The van der Waals surface area contributed by atoms with Gasteiger partial charge in [-0.15, -0.1) is 0 Å². The molecule has 0 amide bonds. The van der Waals surface area contributed by atoms with Gasteiger partial charge in [-0.2, -0.15) is 0 Å². The first-order valence-electron chi connectivity index (χ1n) is 3.55. The minimum Gasteiger partial charge on any atom is -0.545 e. The van der Waals surface area contributed by atoms with Crippen LogP contribution in [-0.4, -0.2) is 5.97 Å². The van der Waals surface area contributed by atoms with Crippen LogP contribution in [0.4, 0.5) is 0 Å². The fourth-order valence-electron chi connectivity index (χ4n) is 1.03. The number of aromatic carboxylic acids is 1. The van der Waals surface area contributed by atoms with E-state index in [4.69, 9.17) is 0 Å². The maximum Gasteiger partial charge on any atom is 1.00 e. The number of benzene rings is 1. The van der Waals surface area contributed by atoms with E-state index in [9.17, 15) is 9.90 Å². The van der Waals surface area contributed by atoms with E-state index in [1.54, 1.807) is 18.2 Å². The van der Waals surface area contributed by atoms with Crippen LogP contribution in [0.25, 0.3) is 0 Å². The van der Waals surface area contributed by atoms with Crippen LogP contribution < -0.4 is 56.5 Å². The molecule has 12 heavy (non-hydrogen) atoms. The summed E-state index contributed by atoms with van der Waals surface area (Å²) in [4.78, 5) is 10.5. The summed E-state index contributed by atoms with van der Waals surface area (Å²) in [6, 6.07) is 6.88. The monoisotopic (exact) mass is 188 g/mol. The van der Waals surface area contributed by atoms with Gasteiger partial charge in [0.25, 0.3) is 0 Å². The Morgan fingerprint density at radius 3 is 2.42 bits per heavy atom. The molecule has 0 unspecified atom stereocenters. The Morgan fingerprint density at radius 1 is 1.42 bits per heavy atom. The average Bonchev–Trinajstić information content (AvgIpc) is 2.04. The van der Waals surface area contributed by atoms with E-state index in [2.05, 4.69) is 0 Å². The Bertz CT molecular complexity index is 271. The summed E-state index contributed by atoms with van der Waals surface area (Å²) >= 11 is 0. The van der Waals surface area contributed by atoms with Crippen LogP contribution in [-0.2, 0) is 6.42 Å². The van der Waals surface area contributed by atoms with Crippen LogP contribution in [0.1, 0.15) is 22.8 Å². The molecule has 0 saturated carbocycles. The molecule has 0 aliphatic carbocycles. The molecule has 0 aliphatic rings. The van der Waals surface area contributed by atoms with E-state index < -0.39 is 5.97 Å². The standard InChI is InChI=1S/C9H10O2.K/c1-2-7-5-3-4-6-8(7)9(10)11;/h3-6H,2H2,1H3,(H,10,11);/q;+1/p-1. The molecule has 1 rings (SSSR count). The Morgan fingerprint density at radius 2 is 2.00 bits per heavy atom. The second-order valence-electron chi connectivity index (χ2n) is 2.30. The van der Waals surface area contributed by atoms with E-state index in [1.165, 1.54) is 0 Å². The third kappa shape index (κ3) is 2.99. The Balaban J connectivity index is 0.00000121. The van der Waals surface area contributed by atoms with Crippen LogP contribution in [0.15, 0.2) is 24.3 Å². The molecule has 3 heteroatoms. The van der Waals surface area contributed by atoms with Gasteiger partial charge >= 0.3 is 51.4 Å². The molecule has 0 fully saturated rings. The van der Waals surface area contributed by atoms with E-state index in [0.29, 0.717) is 5.56 Å². The summed E-state index contributed by atoms with van der Waals surface area (Å²) in [5, 5.41) is 10.5. The van der Waals surface area contributed by atoms with Gasteiger partial charge in [-0.1, -0.05) is 31.2 Å². The van der Waals surface area contributed by atoms with Gasteiger partial charge in [0.2, 0.25) is 0 Å². The summed E-state index contributed by atoms with van der Waals surface area (Å²) in [7, 11) is 0. The van der Waals surface area contributed by atoms with Crippen LogP contribution in [0, 0.1) is 0 Å². The Labute approximate surface area is 114 Å². The maximum atomic E-state index is 10.5. The molecule has 0 radical (unpaired) electrons. The van der Waals surface area contributed by atoms with E-state index in [-0.39, 0.29) is 51.4 Å². The zero-order valence-electron chi connectivity index (χ0n) is 7.33. The Hall–Kier alpha value is 0.326. The number of carbonyl (C=O) groups excluding carboxylic acids is 1. The largest absolute Gasteiger partial charge is 1.00 e. The molecule has 2 nitrogen and oxygen atoms in total. The number of carbonyl (C=O) groups is 1. The van der Waals surface area contributed by atoms with Crippen molar-refractivity contribution in [3.63, 3.8) is 0 Å². The van der Waals surface area contributed by atoms with Crippen molar-refractivity contribution < 1.29 is 61.3 Å². The zero-order chi connectivity index (χ0) is 8.27. The number of carboxylic acids is 1. The van der Waals surface area contributed by atoms with Crippen LogP contribution >= 0.6 is 0 Å².